The van der Waals surface area contributed by atoms with Gasteiger partial charge in [-0.2, -0.15) is 13.2 Å². The Balaban J connectivity index is -0.000000319. The third kappa shape index (κ3) is 58.5. The summed E-state index contributed by atoms with van der Waals surface area (Å²) in [4.78, 5) is 0. The molecule has 54 heavy (non-hydrogen) atoms. The van der Waals surface area contributed by atoms with Crippen molar-refractivity contribution in [2.75, 3.05) is 0 Å². The molecule has 0 unspecified atom stereocenters. The van der Waals surface area contributed by atoms with Gasteiger partial charge in [-0.3, -0.25) is 0 Å². The second-order valence-electron chi connectivity index (χ2n) is 21.1. The van der Waals surface area contributed by atoms with Crippen molar-refractivity contribution in [3.63, 3.8) is 0 Å². The van der Waals surface area contributed by atoms with Gasteiger partial charge >= 0.3 is 6.18 Å². The highest BCUT2D eigenvalue weighted by molar-refractivity contribution is 4.88. The van der Waals surface area contributed by atoms with Gasteiger partial charge in [0.15, 0.2) is 0 Å². The number of hydrogen-bond donors (Lipinski definition) is 0. The Kier molecular flexibility index (Phi) is 26.3. The van der Waals surface area contributed by atoms with Gasteiger partial charge in [0.1, 0.15) is 0 Å². The zero-order valence-electron chi connectivity index (χ0n) is 49.3. The zero-order chi connectivity index (χ0) is 51.2. The van der Waals surface area contributed by atoms with Crippen LogP contribution in [0.1, 0.15) is 285 Å². The van der Waals surface area contributed by atoms with Crippen molar-refractivity contribution in [2.24, 2.45) is 51.2 Å². The van der Waals surface area contributed by atoms with Gasteiger partial charge in [0, 0.05) is 18.8 Å². The molecular formula is C51H107F3. The molecule has 4 saturated carbocycles. The second kappa shape index (κ2) is 32.7. The summed E-state index contributed by atoms with van der Waals surface area (Å²) in [6.45, 7) is 34.6. The van der Waals surface area contributed by atoms with Gasteiger partial charge < -0.3 is 0 Å². The van der Waals surface area contributed by atoms with Gasteiger partial charge in [-0.25, -0.2) is 0 Å². The Morgan fingerprint density at radius 3 is 1.11 bits per heavy atom. The lowest BCUT2D eigenvalue weighted by Gasteiger charge is -2.36. The third-order valence-electron chi connectivity index (χ3n) is 9.77. The van der Waals surface area contributed by atoms with Crippen molar-refractivity contribution in [1.82, 2.24) is 0 Å². The van der Waals surface area contributed by atoms with Gasteiger partial charge in [0.2, 0.25) is 0 Å². The summed E-state index contributed by atoms with van der Waals surface area (Å²) in [5, 5.41) is 0. The molecule has 4 aliphatic carbocycles. The fourth-order valence-corrected chi connectivity index (χ4v) is 5.67. The van der Waals surface area contributed by atoms with Crippen LogP contribution in [0.4, 0.5) is 13.2 Å². The van der Waals surface area contributed by atoms with E-state index in [9.17, 15) is 13.2 Å². The second-order valence-corrected chi connectivity index (χ2v) is 21.1. The molecule has 332 valence electrons. The molecule has 0 saturated heterocycles. The summed E-state index contributed by atoms with van der Waals surface area (Å²) in [5.41, 5.74) is 0.562. The van der Waals surface area contributed by atoms with E-state index in [0.29, 0.717) is 11.8 Å². The maximum Gasteiger partial charge on any atom is 0.389 e. The molecule has 0 N–H and O–H groups in total. The number of rotatable bonds is 3. The van der Waals surface area contributed by atoms with Crippen LogP contribution in [0.25, 0.3) is 0 Å². The molecule has 4 fully saturated rings. The van der Waals surface area contributed by atoms with E-state index >= 15 is 0 Å². The Morgan fingerprint density at radius 2 is 0.926 bits per heavy atom. The lowest BCUT2D eigenvalue weighted by Crippen LogP contribution is -2.23. The standard InChI is InChI=1S/C11H20.C7H14.C6H11F3.C6H12.C6H14.3C5H12/c1-10-4-8-11(9-5-10)6-2-3-7-11;1-7-5-3-2-4-6-7;1-3-5(2)4-6(7,8)9;1-6-4-2-3-5-6;1-5-6(2,3)4;2*1-5(2,3)4;1-4-5(2)3/h10H,2-9H2,1H3;7H,2-6H2,1H3;5H,3-4H2,1-2H3;6H,2-5H2,1H3;5H2,1-4H3;2*1-4H3;5H,4H2,1-3H3/t;;5-;;;;;/m..0...../s1/i;7D;;6D;5D2;1D3;;4D2. The summed E-state index contributed by atoms with van der Waals surface area (Å²) in [6, 6.07) is 0. The SMILES string of the molecule is CC(C)(C)C.CC1CCC2(CCCC2)CC1.CC[C@H](C)CC(F)(F)F.[2H]C([2H])(C)C(C)(C)C.[2H]C([2H])(C)C(C)C.[2H]C([2H])([2H])C(C)(C)C.[2H]C1(C)CCCC1.[2H]C1(C)CCCCC1. The van der Waals surface area contributed by atoms with Crippen LogP contribution in [0.3, 0.4) is 0 Å². The molecule has 0 amide bonds. The highest BCUT2D eigenvalue weighted by atomic mass is 19.4. The first-order valence-corrected chi connectivity index (χ1v) is 22.2. The molecule has 0 nitrogen and oxygen atoms in total. The van der Waals surface area contributed by atoms with Crippen LogP contribution in [0.2, 0.25) is 0 Å². The van der Waals surface area contributed by atoms with Crippen LogP contribution < -0.4 is 0 Å². The number of halogens is 3. The van der Waals surface area contributed by atoms with Gasteiger partial charge in [-0.15, -0.1) is 0 Å². The van der Waals surface area contributed by atoms with E-state index in [2.05, 4.69) is 34.6 Å². The van der Waals surface area contributed by atoms with Crippen molar-refractivity contribution in [2.45, 2.75) is 279 Å². The Labute approximate surface area is 355 Å². The largest absolute Gasteiger partial charge is 0.389 e. The van der Waals surface area contributed by atoms with Crippen LogP contribution >= 0.6 is 0 Å². The highest BCUT2D eigenvalue weighted by Gasteiger charge is 2.36. The highest BCUT2D eigenvalue weighted by Crippen LogP contribution is 2.50. The monoisotopic (exact) mass is 786 g/mol. The van der Waals surface area contributed by atoms with Crippen LogP contribution in [0, 0.1) is 51.2 Å². The van der Waals surface area contributed by atoms with Crippen LogP contribution in [0.5, 0.6) is 0 Å². The molecule has 0 aromatic heterocycles. The molecule has 4 rings (SSSR count). The van der Waals surface area contributed by atoms with Crippen LogP contribution in [-0.2, 0) is 0 Å². The van der Waals surface area contributed by atoms with Gasteiger partial charge in [0.05, 0.1) is 0 Å². The average Bonchev–Trinajstić information content (AvgIpc) is 3.68. The van der Waals surface area contributed by atoms with E-state index < -0.39 is 37.6 Å². The minimum atomic E-state index is -3.98. The van der Waals surface area contributed by atoms with Crippen molar-refractivity contribution < 1.29 is 25.5 Å². The topological polar surface area (TPSA) is 0 Å². The molecule has 3 heteroatoms. The van der Waals surface area contributed by atoms with Gasteiger partial charge in [-0.05, 0) is 76.9 Å². The molecule has 1 atom stereocenters. The van der Waals surface area contributed by atoms with Crippen molar-refractivity contribution in [3.8, 4) is 0 Å². The fraction of sp³-hybridized carbons (Fsp3) is 1.00. The number of hydrogen-bond acceptors (Lipinski definition) is 0. The first kappa shape index (κ1) is 43.4. The summed E-state index contributed by atoms with van der Waals surface area (Å²) >= 11 is 0. The van der Waals surface area contributed by atoms with Crippen molar-refractivity contribution in [3.05, 3.63) is 0 Å². The van der Waals surface area contributed by atoms with Gasteiger partial charge in [0.25, 0.3) is 0 Å². The maximum absolute atomic E-state index is 11.5. The first-order valence-electron chi connectivity index (χ1n) is 26.7. The molecule has 0 aliphatic heterocycles. The van der Waals surface area contributed by atoms with Crippen LogP contribution in [-0.4, -0.2) is 6.18 Å². The molecule has 0 heterocycles. The summed E-state index contributed by atoms with van der Waals surface area (Å²) in [6.07, 6.45) is 17.1. The van der Waals surface area contributed by atoms with Crippen molar-refractivity contribution >= 4 is 0 Å². The maximum atomic E-state index is 11.5. The quantitative estimate of drug-likeness (QED) is 0.267. The molecule has 0 bridgehead atoms. The molecule has 1 spiro atoms. The number of alkyl halides is 3. The molecular weight excluding hydrogens is 670 g/mol. The van der Waals surface area contributed by atoms with Gasteiger partial charge in [-0.1, -0.05) is 241 Å². The Hall–Kier alpha value is -0.210. The fourth-order valence-electron chi connectivity index (χ4n) is 5.67. The zero-order valence-corrected chi connectivity index (χ0v) is 40.3. The molecule has 4 aliphatic rings. The van der Waals surface area contributed by atoms with E-state index in [0.717, 1.165) is 37.0 Å². The van der Waals surface area contributed by atoms with E-state index in [1.807, 2.05) is 48.5 Å². The normalized spacial score (nSPS) is 23.9. The molecule has 0 aromatic rings. The Bertz CT molecular complexity index is 1020. The first-order chi connectivity index (χ1) is 27.6. The van der Waals surface area contributed by atoms with Crippen LogP contribution in [0.15, 0.2) is 0 Å². The lowest BCUT2D eigenvalue weighted by atomic mass is 9.70. The average molecular weight is 786 g/mol. The molecule has 0 aromatic carbocycles. The summed E-state index contributed by atoms with van der Waals surface area (Å²) < 4.78 is 98.9. The van der Waals surface area contributed by atoms with E-state index in [4.69, 9.17) is 12.3 Å². The lowest BCUT2D eigenvalue weighted by molar-refractivity contribution is -0.143. The summed E-state index contributed by atoms with van der Waals surface area (Å²) in [7, 11) is 0. The van der Waals surface area contributed by atoms with E-state index in [-0.39, 0.29) is 29.0 Å². The van der Waals surface area contributed by atoms with E-state index in [1.54, 1.807) is 74.1 Å². The van der Waals surface area contributed by atoms with Crippen molar-refractivity contribution in [1.29, 1.82) is 0 Å². The smallest absolute Gasteiger partial charge is 0.171 e. The summed E-state index contributed by atoms with van der Waals surface area (Å²) in [5.74, 6) is 0.803. The molecule has 0 radical (unpaired) electrons. The van der Waals surface area contributed by atoms with E-state index in [1.165, 1.54) is 57.8 Å². The predicted octanol–water partition coefficient (Wildman–Crippen LogP) is 20.1. The minimum absolute atomic E-state index is 0.0556. The Morgan fingerprint density at radius 1 is 0.611 bits per heavy atom. The predicted molar refractivity (Wildman–Crippen MR) is 244 cm³/mol. The minimum Gasteiger partial charge on any atom is -0.171 e. The third-order valence-corrected chi connectivity index (χ3v) is 9.77.